The van der Waals surface area contributed by atoms with Gasteiger partial charge in [0.15, 0.2) is 0 Å². The van der Waals surface area contributed by atoms with E-state index in [1.165, 1.54) is 17.8 Å². The van der Waals surface area contributed by atoms with Crippen molar-refractivity contribution < 1.29 is 14.6 Å². The monoisotopic (exact) mass is 290 g/mol. The molecule has 2 rings (SSSR count). The second-order valence-corrected chi connectivity index (χ2v) is 4.98. The number of para-hydroxylation sites is 1. The Morgan fingerprint density at radius 1 is 1.30 bits per heavy atom. The highest BCUT2D eigenvalue weighted by molar-refractivity contribution is 7.99. The molecule has 0 unspecified atom stereocenters. The van der Waals surface area contributed by atoms with Gasteiger partial charge in [0.05, 0.1) is 12.3 Å². The number of anilines is 1. The van der Waals surface area contributed by atoms with Gasteiger partial charge in [0.25, 0.3) is 0 Å². The number of ether oxygens (including phenoxy) is 1. The van der Waals surface area contributed by atoms with Crippen molar-refractivity contribution in [3.05, 3.63) is 48.2 Å². The fourth-order valence-corrected chi connectivity index (χ4v) is 2.31. The molecule has 3 N–H and O–H groups in total. The molecule has 0 fully saturated rings. The molecule has 0 atom stereocenters. The van der Waals surface area contributed by atoms with Crippen molar-refractivity contribution in [1.29, 1.82) is 0 Å². The number of benzene rings is 1. The van der Waals surface area contributed by atoms with Crippen LogP contribution in [0.2, 0.25) is 0 Å². The Bertz CT molecular complexity index is 604. The zero-order valence-electron chi connectivity index (χ0n) is 10.7. The van der Waals surface area contributed by atoms with Crippen LogP contribution >= 0.6 is 11.8 Å². The minimum absolute atomic E-state index is 0.162. The summed E-state index contributed by atoms with van der Waals surface area (Å²) in [7, 11) is 0. The van der Waals surface area contributed by atoms with Gasteiger partial charge in [0.1, 0.15) is 16.3 Å². The lowest BCUT2D eigenvalue weighted by Crippen LogP contribution is -2.06. The molecule has 6 heteroatoms. The number of aromatic nitrogens is 1. The normalized spacial score (nSPS) is 10.2. The van der Waals surface area contributed by atoms with E-state index in [9.17, 15) is 4.79 Å². The lowest BCUT2D eigenvalue weighted by Gasteiger charge is -2.09. The zero-order chi connectivity index (χ0) is 14.4. The number of carbonyl (C=O) groups is 1. The van der Waals surface area contributed by atoms with Crippen LogP contribution in [0.5, 0.6) is 5.75 Å². The number of carboxylic acids is 1. The van der Waals surface area contributed by atoms with Crippen LogP contribution in [-0.2, 0) is 0 Å². The molecule has 0 bridgehead atoms. The highest BCUT2D eigenvalue weighted by Gasteiger charge is 2.09. The first-order chi connectivity index (χ1) is 9.68. The van der Waals surface area contributed by atoms with Gasteiger partial charge in [-0.1, -0.05) is 12.1 Å². The number of nitrogen functional groups attached to an aromatic ring is 1. The summed E-state index contributed by atoms with van der Waals surface area (Å²) in [5.41, 5.74) is 6.57. The molecule has 0 aliphatic carbocycles. The number of aromatic carboxylic acids is 1. The molecule has 0 amide bonds. The Kier molecular flexibility index (Phi) is 4.84. The molecule has 0 aliphatic rings. The summed E-state index contributed by atoms with van der Waals surface area (Å²) in [6.45, 7) is 0.380. The minimum Gasteiger partial charge on any atom is -0.492 e. The van der Waals surface area contributed by atoms with Gasteiger partial charge in [-0.15, -0.1) is 11.8 Å². The highest BCUT2D eigenvalue weighted by atomic mass is 32.2. The molecule has 20 heavy (non-hydrogen) atoms. The fraction of sp³-hybridized carbons (Fsp3) is 0.143. The maximum Gasteiger partial charge on any atom is 0.339 e. The summed E-state index contributed by atoms with van der Waals surface area (Å²) >= 11 is 1.47. The number of carboxylic acid groups (broad SMARTS) is 1. The summed E-state index contributed by atoms with van der Waals surface area (Å²) in [5, 5.41) is 9.78. The Hall–Kier alpha value is -2.21. The van der Waals surface area contributed by atoms with E-state index < -0.39 is 5.97 Å². The van der Waals surface area contributed by atoms with Crippen molar-refractivity contribution in [3.8, 4) is 5.75 Å². The van der Waals surface area contributed by atoms with E-state index in [4.69, 9.17) is 15.6 Å². The number of thioether (sulfide) groups is 1. The van der Waals surface area contributed by atoms with Crippen molar-refractivity contribution in [2.45, 2.75) is 5.03 Å². The second kappa shape index (κ2) is 6.81. The highest BCUT2D eigenvalue weighted by Crippen LogP contribution is 2.22. The molecule has 0 saturated heterocycles. The first-order valence-corrected chi connectivity index (χ1v) is 6.95. The second-order valence-electron chi connectivity index (χ2n) is 3.90. The van der Waals surface area contributed by atoms with E-state index in [1.54, 1.807) is 36.5 Å². The third-order valence-corrected chi connectivity index (χ3v) is 3.48. The van der Waals surface area contributed by atoms with Gasteiger partial charge in [-0.2, -0.15) is 0 Å². The minimum atomic E-state index is -0.998. The predicted octanol–water partition coefficient (Wildman–Crippen LogP) is 2.53. The molecule has 1 aromatic heterocycles. The standard InChI is InChI=1S/C14H14N2O3S/c15-11-5-3-7-16-13(11)20-9-8-19-12-6-2-1-4-10(12)14(17)18/h1-7H,8-9,15H2,(H,17,18). The van der Waals surface area contributed by atoms with Crippen LogP contribution in [-0.4, -0.2) is 28.4 Å². The van der Waals surface area contributed by atoms with Crippen LogP contribution in [0, 0.1) is 0 Å². The molecule has 104 valence electrons. The van der Waals surface area contributed by atoms with Crippen molar-refractivity contribution in [2.75, 3.05) is 18.1 Å². The van der Waals surface area contributed by atoms with Crippen LogP contribution < -0.4 is 10.5 Å². The number of nitrogens with two attached hydrogens (primary N) is 1. The summed E-state index contributed by atoms with van der Waals surface area (Å²) in [6.07, 6.45) is 1.68. The van der Waals surface area contributed by atoms with Crippen LogP contribution in [0.1, 0.15) is 10.4 Å². The van der Waals surface area contributed by atoms with Crippen molar-refractivity contribution in [3.63, 3.8) is 0 Å². The van der Waals surface area contributed by atoms with Gasteiger partial charge in [0, 0.05) is 11.9 Å². The topological polar surface area (TPSA) is 85.4 Å². The quantitative estimate of drug-likeness (QED) is 0.628. The molecular weight excluding hydrogens is 276 g/mol. The Morgan fingerprint density at radius 3 is 2.85 bits per heavy atom. The summed E-state index contributed by atoms with van der Waals surface area (Å²) < 4.78 is 5.49. The van der Waals surface area contributed by atoms with Gasteiger partial charge >= 0.3 is 5.97 Å². The maximum absolute atomic E-state index is 11.0. The van der Waals surface area contributed by atoms with Gasteiger partial charge in [0.2, 0.25) is 0 Å². The van der Waals surface area contributed by atoms with E-state index >= 15 is 0 Å². The smallest absolute Gasteiger partial charge is 0.339 e. The van der Waals surface area contributed by atoms with E-state index in [0.717, 1.165) is 5.03 Å². The van der Waals surface area contributed by atoms with Gasteiger partial charge in [-0.3, -0.25) is 0 Å². The molecule has 1 heterocycles. The zero-order valence-corrected chi connectivity index (χ0v) is 11.5. The Balaban J connectivity index is 1.88. The van der Waals surface area contributed by atoms with Crippen molar-refractivity contribution in [1.82, 2.24) is 4.98 Å². The number of pyridine rings is 1. The molecule has 0 radical (unpaired) electrons. The predicted molar refractivity (Wildman–Crippen MR) is 78.3 cm³/mol. The van der Waals surface area contributed by atoms with Crippen LogP contribution in [0.3, 0.4) is 0 Å². The van der Waals surface area contributed by atoms with E-state index in [0.29, 0.717) is 23.8 Å². The molecule has 5 nitrogen and oxygen atoms in total. The van der Waals surface area contributed by atoms with Crippen molar-refractivity contribution in [2.24, 2.45) is 0 Å². The number of nitrogens with zero attached hydrogens (tertiary/aromatic N) is 1. The molecule has 0 aliphatic heterocycles. The van der Waals surface area contributed by atoms with Gasteiger partial charge < -0.3 is 15.6 Å². The lowest BCUT2D eigenvalue weighted by molar-refractivity contribution is 0.0692. The summed E-state index contributed by atoms with van der Waals surface area (Å²) in [4.78, 5) is 15.2. The summed E-state index contributed by atoms with van der Waals surface area (Å²) in [5.74, 6) is 0.00615. The van der Waals surface area contributed by atoms with Crippen LogP contribution in [0.25, 0.3) is 0 Å². The lowest BCUT2D eigenvalue weighted by atomic mass is 10.2. The molecule has 0 saturated carbocycles. The first kappa shape index (κ1) is 14.2. The average Bonchev–Trinajstić information content (AvgIpc) is 2.45. The number of hydrogen-bond acceptors (Lipinski definition) is 5. The number of hydrogen-bond donors (Lipinski definition) is 2. The Morgan fingerprint density at radius 2 is 2.10 bits per heavy atom. The fourth-order valence-electron chi connectivity index (χ4n) is 1.58. The molecule has 0 spiro atoms. The van der Waals surface area contributed by atoms with E-state index in [-0.39, 0.29) is 5.56 Å². The van der Waals surface area contributed by atoms with Crippen LogP contribution in [0.4, 0.5) is 5.69 Å². The Labute approximate surface area is 120 Å². The van der Waals surface area contributed by atoms with Crippen LogP contribution in [0.15, 0.2) is 47.6 Å². The SMILES string of the molecule is Nc1cccnc1SCCOc1ccccc1C(=O)O. The third-order valence-electron chi connectivity index (χ3n) is 2.50. The third kappa shape index (κ3) is 3.64. The van der Waals surface area contributed by atoms with E-state index in [1.807, 2.05) is 0 Å². The van der Waals surface area contributed by atoms with Gasteiger partial charge in [-0.05, 0) is 24.3 Å². The summed E-state index contributed by atoms with van der Waals surface area (Å²) in [6, 6.07) is 10.1. The maximum atomic E-state index is 11.0. The van der Waals surface area contributed by atoms with Gasteiger partial charge in [-0.25, -0.2) is 9.78 Å². The van der Waals surface area contributed by atoms with E-state index in [2.05, 4.69) is 4.98 Å². The van der Waals surface area contributed by atoms with Crippen molar-refractivity contribution >= 4 is 23.4 Å². The average molecular weight is 290 g/mol. The largest absolute Gasteiger partial charge is 0.492 e. The molecule has 1 aromatic carbocycles. The number of rotatable bonds is 6. The molecular formula is C14H14N2O3S. The molecule has 2 aromatic rings. The first-order valence-electron chi connectivity index (χ1n) is 5.97.